The molecule has 0 radical (unpaired) electrons. The number of rotatable bonds is 5. The van der Waals surface area contributed by atoms with Gasteiger partial charge in [-0.1, -0.05) is 42.1 Å². The van der Waals surface area contributed by atoms with Gasteiger partial charge in [-0.15, -0.1) is 0 Å². The van der Waals surface area contributed by atoms with Crippen LogP contribution in [0.2, 0.25) is 0 Å². The molecule has 6 heteroatoms. The number of hydrogen-bond acceptors (Lipinski definition) is 5. The maximum atomic E-state index is 11.8. The summed E-state index contributed by atoms with van der Waals surface area (Å²) in [7, 11) is 0. The Morgan fingerprint density at radius 2 is 1.82 bits per heavy atom. The molecule has 22 heavy (non-hydrogen) atoms. The largest absolute Gasteiger partial charge is 0.272 e. The number of hydrogen-bond donors (Lipinski definition) is 1. The Hall–Kier alpha value is -2.21. The molecule has 0 saturated carbocycles. The Labute approximate surface area is 134 Å². The number of aryl methyl sites for hydroxylation is 2. The van der Waals surface area contributed by atoms with Crippen molar-refractivity contribution in [2.45, 2.75) is 25.9 Å². The summed E-state index contributed by atoms with van der Waals surface area (Å²) in [5.41, 5.74) is 6.09. The highest BCUT2D eigenvalue weighted by molar-refractivity contribution is 7.99. The van der Waals surface area contributed by atoms with Crippen molar-refractivity contribution in [1.82, 2.24) is 15.4 Å². The van der Waals surface area contributed by atoms with E-state index >= 15 is 0 Å². The Morgan fingerprint density at radius 3 is 2.45 bits per heavy atom. The number of carbonyl (C=O) groups is 1. The first-order valence-electron chi connectivity index (χ1n) is 6.88. The van der Waals surface area contributed by atoms with Crippen LogP contribution in [0.15, 0.2) is 46.7 Å². The Balaban J connectivity index is 1.88. The number of aromatic nitrogens is 2. The standard InChI is InChI=1S/C16H18N4OS/c1-11-9-12(2)18-16(17-11)22-10-15(21)20-19-13(3)14-7-5-4-6-8-14/h4-9H,10H2,1-3H3,(H,20,21)/b19-13+. The van der Waals surface area contributed by atoms with Crippen molar-refractivity contribution in [3.05, 3.63) is 53.3 Å². The molecule has 0 spiro atoms. The number of benzene rings is 1. The predicted molar refractivity (Wildman–Crippen MR) is 89.0 cm³/mol. The van der Waals surface area contributed by atoms with Crippen LogP contribution in [0.4, 0.5) is 0 Å². The molecule has 2 aromatic rings. The molecule has 0 atom stereocenters. The summed E-state index contributed by atoms with van der Waals surface area (Å²) in [5.74, 6) is 0.0529. The van der Waals surface area contributed by atoms with Crippen LogP contribution in [0.5, 0.6) is 0 Å². The van der Waals surface area contributed by atoms with E-state index in [1.54, 1.807) is 0 Å². The second-order valence-electron chi connectivity index (χ2n) is 4.82. The van der Waals surface area contributed by atoms with Gasteiger partial charge >= 0.3 is 0 Å². The number of carbonyl (C=O) groups excluding carboxylic acids is 1. The van der Waals surface area contributed by atoms with Crippen LogP contribution in [0.3, 0.4) is 0 Å². The van der Waals surface area contributed by atoms with E-state index in [9.17, 15) is 4.79 Å². The average Bonchev–Trinajstić information content (AvgIpc) is 2.50. The first-order valence-corrected chi connectivity index (χ1v) is 7.87. The van der Waals surface area contributed by atoms with Crippen molar-refractivity contribution >= 4 is 23.4 Å². The van der Waals surface area contributed by atoms with E-state index < -0.39 is 0 Å². The fraction of sp³-hybridized carbons (Fsp3) is 0.250. The summed E-state index contributed by atoms with van der Waals surface area (Å²) in [6.07, 6.45) is 0. The fourth-order valence-corrected chi connectivity index (χ4v) is 2.55. The van der Waals surface area contributed by atoms with E-state index in [1.807, 2.05) is 57.2 Å². The molecular formula is C16H18N4OS. The van der Waals surface area contributed by atoms with Gasteiger partial charge in [-0.05, 0) is 32.4 Å². The number of amides is 1. The lowest BCUT2D eigenvalue weighted by Crippen LogP contribution is -2.21. The minimum atomic E-state index is -0.178. The molecule has 1 heterocycles. The van der Waals surface area contributed by atoms with Crippen molar-refractivity contribution in [3.63, 3.8) is 0 Å². The van der Waals surface area contributed by atoms with E-state index in [0.717, 1.165) is 22.7 Å². The topological polar surface area (TPSA) is 67.2 Å². The minimum absolute atomic E-state index is 0.178. The highest BCUT2D eigenvalue weighted by Gasteiger charge is 2.06. The lowest BCUT2D eigenvalue weighted by Gasteiger charge is -2.04. The first-order chi connectivity index (χ1) is 10.5. The molecule has 0 bridgehead atoms. The van der Waals surface area contributed by atoms with Crippen molar-refractivity contribution in [2.24, 2.45) is 5.10 Å². The molecule has 0 fully saturated rings. The van der Waals surface area contributed by atoms with Gasteiger partial charge in [0.25, 0.3) is 5.91 Å². The number of nitrogens with one attached hydrogen (secondary N) is 1. The molecule has 5 nitrogen and oxygen atoms in total. The van der Waals surface area contributed by atoms with E-state index in [1.165, 1.54) is 11.8 Å². The SMILES string of the molecule is C/C(=N\NC(=O)CSc1nc(C)cc(C)n1)c1ccccc1. The summed E-state index contributed by atoms with van der Waals surface area (Å²) in [6.45, 7) is 5.68. The van der Waals surface area contributed by atoms with Crippen molar-refractivity contribution in [3.8, 4) is 0 Å². The van der Waals surface area contributed by atoms with Crippen LogP contribution in [0.25, 0.3) is 0 Å². The molecule has 0 unspecified atom stereocenters. The normalized spacial score (nSPS) is 11.3. The molecule has 0 saturated heterocycles. The van der Waals surface area contributed by atoms with Gasteiger partial charge in [0.1, 0.15) is 0 Å². The van der Waals surface area contributed by atoms with Crippen molar-refractivity contribution in [2.75, 3.05) is 5.75 Å². The quantitative estimate of drug-likeness (QED) is 0.399. The van der Waals surface area contributed by atoms with Crippen molar-refractivity contribution in [1.29, 1.82) is 0 Å². The van der Waals surface area contributed by atoms with E-state index in [0.29, 0.717) is 5.16 Å². The molecule has 1 aromatic heterocycles. The van der Waals surface area contributed by atoms with Crippen LogP contribution in [-0.2, 0) is 4.79 Å². The highest BCUT2D eigenvalue weighted by atomic mass is 32.2. The number of hydrazone groups is 1. The van der Waals surface area contributed by atoms with Crippen LogP contribution < -0.4 is 5.43 Å². The second-order valence-corrected chi connectivity index (χ2v) is 5.76. The van der Waals surface area contributed by atoms with Gasteiger partial charge in [0, 0.05) is 11.4 Å². The zero-order valence-corrected chi connectivity index (χ0v) is 13.6. The molecule has 1 N–H and O–H groups in total. The zero-order chi connectivity index (χ0) is 15.9. The van der Waals surface area contributed by atoms with Crippen molar-refractivity contribution < 1.29 is 4.79 Å². The Bertz CT molecular complexity index is 666. The van der Waals surface area contributed by atoms with E-state index in [2.05, 4.69) is 20.5 Å². The molecule has 1 aromatic carbocycles. The van der Waals surface area contributed by atoms with Crippen LogP contribution in [0, 0.1) is 13.8 Å². The predicted octanol–water partition coefficient (Wildman–Crippen LogP) is 2.73. The third-order valence-electron chi connectivity index (χ3n) is 2.83. The van der Waals surface area contributed by atoms with Gasteiger partial charge < -0.3 is 0 Å². The van der Waals surface area contributed by atoms with Crippen LogP contribution in [-0.4, -0.2) is 27.3 Å². The van der Waals surface area contributed by atoms with E-state index in [-0.39, 0.29) is 11.7 Å². The minimum Gasteiger partial charge on any atom is -0.272 e. The number of nitrogens with zero attached hydrogens (tertiary/aromatic N) is 3. The van der Waals surface area contributed by atoms with Crippen LogP contribution >= 0.6 is 11.8 Å². The summed E-state index contributed by atoms with van der Waals surface area (Å²) < 4.78 is 0. The second kappa shape index (κ2) is 7.70. The first kappa shape index (κ1) is 16.2. The van der Waals surface area contributed by atoms with Gasteiger partial charge in [-0.2, -0.15) is 5.10 Å². The lowest BCUT2D eigenvalue weighted by atomic mass is 10.1. The molecular weight excluding hydrogens is 296 g/mol. The smallest absolute Gasteiger partial charge is 0.250 e. The molecule has 114 valence electrons. The zero-order valence-electron chi connectivity index (χ0n) is 12.8. The number of thioether (sulfide) groups is 1. The van der Waals surface area contributed by atoms with Gasteiger partial charge in [-0.3, -0.25) is 4.79 Å². The molecule has 1 amide bonds. The van der Waals surface area contributed by atoms with Gasteiger partial charge in [-0.25, -0.2) is 15.4 Å². The monoisotopic (exact) mass is 314 g/mol. The van der Waals surface area contributed by atoms with Crippen LogP contribution in [0.1, 0.15) is 23.9 Å². The molecule has 0 aliphatic carbocycles. The lowest BCUT2D eigenvalue weighted by molar-refractivity contribution is -0.118. The maximum Gasteiger partial charge on any atom is 0.250 e. The third kappa shape index (κ3) is 4.96. The molecule has 0 aliphatic rings. The maximum absolute atomic E-state index is 11.8. The summed E-state index contributed by atoms with van der Waals surface area (Å²) in [5, 5.41) is 4.71. The van der Waals surface area contributed by atoms with E-state index in [4.69, 9.17) is 0 Å². The molecule has 0 aliphatic heterocycles. The molecule has 2 rings (SSSR count). The summed E-state index contributed by atoms with van der Waals surface area (Å²) >= 11 is 1.30. The average molecular weight is 314 g/mol. The fourth-order valence-electron chi connectivity index (χ4n) is 1.81. The van der Waals surface area contributed by atoms with Gasteiger partial charge in [0.15, 0.2) is 5.16 Å². The van der Waals surface area contributed by atoms with Gasteiger partial charge in [0.05, 0.1) is 11.5 Å². The van der Waals surface area contributed by atoms with Gasteiger partial charge in [0.2, 0.25) is 0 Å². The Morgan fingerprint density at radius 1 is 1.18 bits per heavy atom. The third-order valence-corrected chi connectivity index (χ3v) is 3.68. The summed E-state index contributed by atoms with van der Waals surface area (Å²) in [4.78, 5) is 20.4. The summed E-state index contributed by atoms with van der Waals surface area (Å²) in [6, 6.07) is 11.6. The Kier molecular flexibility index (Phi) is 5.66. The highest BCUT2D eigenvalue weighted by Crippen LogP contribution is 2.13.